The highest BCUT2D eigenvalue weighted by Gasteiger charge is 2.21. The van der Waals surface area contributed by atoms with Crippen LogP contribution in [0.1, 0.15) is 12.0 Å². The van der Waals surface area contributed by atoms with Gasteiger partial charge in [0.25, 0.3) is 0 Å². The van der Waals surface area contributed by atoms with Gasteiger partial charge in [-0.2, -0.15) is 0 Å². The minimum absolute atomic E-state index is 0.184. The van der Waals surface area contributed by atoms with E-state index in [0.29, 0.717) is 11.8 Å². The molecule has 16 heavy (non-hydrogen) atoms. The molecule has 0 aliphatic carbocycles. The van der Waals surface area contributed by atoms with E-state index in [-0.39, 0.29) is 10.8 Å². The molecule has 0 N–H and O–H groups in total. The first-order valence-electron chi connectivity index (χ1n) is 5.41. The van der Waals surface area contributed by atoms with Crippen LogP contribution >= 0.6 is 23.2 Å². The number of likely N-dealkylation sites (tertiary alicyclic amines) is 1. The molecule has 0 bridgehead atoms. The molecule has 88 valence electrons. The summed E-state index contributed by atoms with van der Waals surface area (Å²) in [4.78, 5) is 2.30. The second-order valence-corrected chi connectivity index (χ2v) is 5.01. The maximum Gasteiger partial charge on any atom is 0.142 e. The summed E-state index contributed by atoms with van der Waals surface area (Å²) in [6, 6.07) is 5.00. The Morgan fingerprint density at radius 2 is 2.25 bits per heavy atom. The second-order valence-electron chi connectivity index (χ2n) is 4.29. The lowest BCUT2D eigenvalue weighted by Gasteiger charge is -2.15. The van der Waals surface area contributed by atoms with Crippen molar-refractivity contribution in [1.82, 2.24) is 4.90 Å². The molecule has 1 aromatic carbocycles. The van der Waals surface area contributed by atoms with Crippen molar-refractivity contribution in [3.05, 3.63) is 34.6 Å². The molecule has 0 radical (unpaired) electrons. The Morgan fingerprint density at radius 1 is 1.44 bits per heavy atom. The SMILES string of the molecule is Fc1cc(CN2CCC(CCl)C2)ccc1Cl. The number of halogens is 3. The Bertz CT molecular complexity index is 370. The molecule has 1 aliphatic rings. The van der Waals surface area contributed by atoms with Crippen molar-refractivity contribution in [2.24, 2.45) is 5.92 Å². The van der Waals surface area contributed by atoms with Crippen molar-refractivity contribution in [2.75, 3.05) is 19.0 Å². The van der Waals surface area contributed by atoms with Crippen molar-refractivity contribution in [3.63, 3.8) is 0 Å². The molecule has 4 heteroatoms. The van der Waals surface area contributed by atoms with Crippen molar-refractivity contribution in [3.8, 4) is 0 Å². The van der Waals surface area contributed by atoms with E-state index in [4.69, 9.17) is 23.2 Å². The van der Waals surface area contributed by atoms with Crippen molar-refractivity contribution >= 4 is 23.2 Å². The van der Waals surface area contributed by atoms with Crippen LogP contribution in [0.3, 0.4) is 0 Å². The molecule has 1 unspecified atom stereocenters. The van der Waals surface area contributed by atoms with Gasteiger partial charge in [-0.25, -0.2) is 4.39 Å². The van der Waals surface area contributed by atoms with Crippen LogP contribution < -0.4 is 0 Å². The molecule has 0 saturated carbocycles. The highest BCUT2D eigenvalue weighted by Crippen LogP contribution is 2.21. The third-order valence-corrected chi connectivity index (χ3v) is 3.72. The topological polar surface area (TPSA) is 3.24 Å². The largest absolute Gasteiger partial charge is 0.299 e. The van der Waals surface area contributed by atoms with Crippen LogP contribution in [0.4, 0.5) is 4.39 Å². The summed E-state index contributed by atoms with van der Waals surface area (Å²) < 4.78 is 13.2. The summed E-state index contributed by atoms with van der Waals surface area (Å²) >= 11 is 11.5. The highest BCUT2D eigenvalue weighted by atomic mass is 35.5. The molecule has 2 rings (SSSR count). The van der Waals surface area contributed by atoms with Crippen molar-refractivity contribution < 1.29 is 4.39 Å². The molecule has 1 saturated heterocycles. The van der Waals surface area contributed by atoms with E-state index in [1.54, 1.807) is 6.07 Å². The zero-order chi connectivity index (χ0) is 11.5. The average Bonchev–Trinajstić information content (AvgIpc) is 2.71. The smallest absolute Gasteiger partial charge is 0.142 e. The minimum Gasteiger partial charge on any atom is -0.299 e. The van der Waals surface area contributed by atoms with E-state index in [2.05, 4.69) is 4.90 Å². The molecular weight excluding hydrogens is 248 g/mol. The predicted molar refractivity (Wildman–Crippen MR) is 65.5 cm³/mol. The number of nitrogens with zero attached hydrogens (tertiary/aromatic N) is 1. The maximum atomic E-state index is 13.2. The summed E-state index contributed by atoms with van der Waals surface area (Å²) in [6.45, 7) is 2.83. The van der Waals surface area contributed by atoms with Gasteiger partial charge in [0.1, 0.15) is 5.82 Å². The van der Waals surface area contributed by atoms with Crippen molar-refractivity contribution in [2.45, 2.75) is 13.0 Å². The molecule has 0 aromatic heterocycles. The zero-order valence-corrected chi connectivity index (χ0v) is 10.4. The number of alkyl halides is 1. The summed E-state index contributed by atoms with van der Waals surface area (Å²) in [6.07, 6.45) is 1.14. The lowest BCUT2D eigenvalue weighted by atomic mass is 10.2. The predicted octanol–water partition coefficient (Wildman–Crippen LogP) is 3.54. The van der Waals surface area contributed by atoms with E-state index in [1.807, 2.05) is 6.07 Å². The fourth-order valence-corrected chi connectivity index (χ4v) is 2.45. The van der Waals surface area contributed by atoms with E-state index < -0.39 is 0 Å². The first-order chi connectivity index (χ1) is 7.69. The molecule has 1 aliphatic heterocycles. The standard InChI is InChI=1S/C12H14Cl2FN/c13-6-10-3-4-16(8-10)7-9-1-2-11(14)12(15)5-9/h1-2,5,10H,3-4,6-8H2. The third kappa shape index (κ3) is 2.88. The molecule has 0 spiro atoms. The Kier molecular flexibility index (Phi) is 4.06. The Balaban J connectivity index is 1.97. The fraction of sp³-hybridized carbons (Fsp3) is 0.500. The lowest BCUT2D eigenvalue weighted by Crippen LogP contribution is -2.20. The van der Waals surface area contributed by atoms with Gasteiger partial charge < -0.3 is 0 Å². The second kappa shape index (κ2) is 5.35. The van der Waals surface area contributed by atoms with Crippen LogP contribution in [0, 0.1) is 11.7 Å². The van der Waals surface area contributed by atoms with E-state index in [9.17, 15) is 4.39 Å². The molecule has 1 fully saturated rings. The molecule has 1 atom stereocenters. The van der Waals surface area contributed by atoms with Gasteiger partial charge in [-0.05, 0) is 36.6 Å². The van der Waals surface area contributed by atoms with E-state index >= 15 is 0 Å². The number of benzene rings is 1. The molecular formula is C12H14Cl2FN. The summed E-state index contributed by atoms with van der Waals surface area (Å²) in [5, 5.41) is 0.184. The molecule has 1 heterocycles. The monoisotopic (exact) mass is 261 g/mol. The highest BCUT2D eigenvalue weighted by molar-refractivity contribution is 6.30. The summed E-state index contributed by atoms with van der Waals surface area (Å²) in [5.74, 6) is 0.956. The fourth-order valence-electron chi connectivity index (χ4n) is 2.08. The summed E-state index contributed by atoms with van der Waals surface area (Å²) in [7, 11) is 0. The summed E-state index contributed by atoms with van der Waals surface area (Å²) in [5.41, 5.74) is 0.970. The Labute approximate surface area is 105 Å². The van der Waals surface area contributed by atoms with Gasteiger partial charge in [0.05, 0.1) is 5.02 Å². The van der Waals surface area contributed by atoms with Gasteiger partial charge in [0.15, 0.2) is 0 Å². The van der Waals surface area contributed by atoms with Crippen LogP contribution in [0.5, 0.6) is 0 Å². The number of rotatable bonds is 3. The van der Waals surface area contributed by atoms with Gasteiger partial charge in [0.2, 0.25) is 0 Å². The third-order valence-electron chi connectivity index (χ3n) is 2.98. The van der Waals surface area contributed by atoms with Crippen LogP contribution in [0.25, 0.3) is 0 Å². The average molecular weight is 262 g/mol. The van der Waals surface area contributed by atoms with Gasteiger partial charge in [-0.3, -0.25) is 4.90 Å². The molecule has 0 amide bonds. The van der Waals surface area contributed by atoms with Gasteiger partial charge in [-0.1, -0.05) is 17.7 Å². The van der Waals surface area contributed by atoms with Crippen molar-refractivity contribution in [1.29, 1.82) is 0 Å². The van der Waals surface area contributed by atoms with Crippen LogP contribution in [0.2, 0.25) is 5.02 Å². The van der Waals surface area contributed by atoms with Crippen LogP contribution in [-0.2, 0) is 6.54 Å². The number of hydrogen-bond acceptors (Lipinski definition) is 1. The molecule has 1 nitrogen and oxygen atoms in total. The lowest BCUT2D eigenvalue weighted by molar-refractivity contribution is 0.320. The Hall–Kier alpha value is -0.310. The number of hydrogen-bond donors (Lipinski definition) is 0. The normalized spacial score (nSPS) is 21.6. The zero-order valence-electron chi connectivity index (χ0n) is 8.93. The van der Waals surface area contributed by atoms with Gasteiger partial charge in [0, 0.05) is 19.0 Å². The van der Waals surface area contributed by atoms with Gasteiger partial charge >= 0.3 is 0 Å². The van der Waals surface area contributed by atoms with Crippen LogP contribution in [0.15, 0.2) is 18.2 Å². The minimum atomic E-state index is -0.341. The van der Waals surface area contributed by atoms with Gasteiger partial charge in [-0.15, -0.1) is 11.6 Å². The quantitative estimate of drug-likeness (QED) is 0.753. The van der Waals surface area contributed by atoms with Crippen LogP contribution in [-0.4, -0.2) is 23.9 Å². The first-order valence-corrected chi connectivity index (χ1v) is 6.32. The molecule has 1 aromatic rings. The Morgan fingerprint density at radius 3 is 2.88 bits per heavy atom. The maximum absolute atomic E-state index is 13.2. The van der Waals surface area contributed by atoms with E-state index in [0.717, 1.165) is 31.6 Å². The first kappa shape index (κ1) is 12.2. The van der Waals surface area contributed by atoms with E-state index in [1.165, 1.54) is 6.07 Å².